The molecule has 0 saturated carbocycles. The van der Waals surface area contributed by atoms with Crippen LogP contribution in [0.4, 0.5) is 0 Å². The van der Waals surface area contributed by atoms with Crippen molar-refractivity contribution >= 4 is 22.2 Å². The number of methoxy groups -OCH3 is 2. The minimum absolute atomic E-state index is 0.0957. The van der Waals surface area contributed by atoms with Gasteiger partial charge < -0.3 is 14.4 Å². The Balaban J connectivity index is 1.73. The third-order valence-corrected chi connectivity index (χ3v) is 6.12. The van der Waals surface area contributed by atoms with Crippen LogP contribution in [0.25, 0.3) is 4.96 Å². The van der Waals surface area contributed by atoms with E-state index in [1.807, 2.05) is 30.5 Å². The fraction of sp³-hybridized carbons (Fsp3) is 0.350. The minimum Gasteiger partial charge on any atom is -0.497 e. The number of likely N-dealkylation sites (tertiary alicyclic amines) is 1. The molecule has 2 aromatic heterocycles. The summed E-state index contributed by atoms with van der Waals surface area (Å²) < 4.78 is 12.3. The topological polar surface area (TPSA) is 73.1 Å². The van der Waals surface area contributed by atoms with Crippen LogP contribution in [0.5, 0.6) is 11.5 Å². The zero-order valence-corrected chi connectivity index (χ0v) is 16.8. The van der Waals surface area contributed by atoms with Crippen molar-refractivity contribution in [3.8, 4) is 11.5 Å². The summed E-state index contributed by atoms with van der Waals surface area (Å²) >= 11 is 1.39. The third kappa shape index (κ3) is 2.93. The average Bonchev–Trinajstić information content (AvgIpc) is 3.34. The molecule has 1 unspecified atom stereocenters. The Hall–Kier alpha value is -2.87. The van der Waals surface area contributed by atoms with E-state index in [9.17, 15) is 9.59 Å². The molecule has 1 saturated heterocycles. The van der Waals surface area contributed by atoms with Gasteiger partial charge >= 0.3 is 0 Å². The minimum atomic E-state index is -0.318. The molecule has 0 spiro atoms. The van der Waals surface area contributed by atoms with Crippen molar-refractivity contribution < 1.29 is 14.3 Å². The summed E-state index contributed by atoms with van der Waals surface area (Å²) in [6, 6.07) is 5.44. The molecule has 3 heterocycles. The molecule has 1 aromatic carbocycles. The van der Waals surface area contributed by atoms with Crippen molar-refractivity contribution in [2.45, 2.75) is 25.8 Å². The molecule has 146 valence electrons. The van der Waals surface area contributed by atoms with Crippen molar-refractivity contribution in [1.29, 1.82) is 0 Å². The van der Waals surface area contributed by atoms with E-state index in [1.165, 1.54) is 21.9 Å². The van der Waals surface area contributed by atoms with E-state index in [1.54, 1.807) is 19.1 Å². The van der Waals surface area contributed by atoms with E-state index < -0.39 is 0 Å². The number of rotatable bonds is 4. The lowest BCUT2D eigenvalue weighted by Crippen LogP contribution is -2.35. The number of aryl methyl sites for hydroxylation is 1. The molecule has 1 fully saturated rings. The molecule has 0 aliphatic carbocycles. The van der Waals surface area contributed by atoms with Crippen molar-refractivity contribution in [1.82, 2.24) is 14.3 Å². The Morgan fingerprint density at radius 3 is 2.86 bits per heavy atom. The standard InChI is InChI=1S/C20H21N3O4S/c1-12-11-28-20-21-10-15(19(25)23(12)20)18(24)22-8-4-5-16(22)14-7-6-13(26-2)9-17(14)27-3/h6-7,9-11,16H,4-5,8H2,1-3H3. The lowest BCUT2D eigenvalue weighted by atomic mass is 10.0. The first-order valence-corrected chi connectivity index (χ1v) is 9.92. The van der Waals surface area contributed by atoms with Gasteiger partial charge in [-0.1, -0.05) is 0 Å². The highest BCUT2D eigenvalue weighted by molar-refractivity contribution is 7.15. The number of thiazole rings is 1. The molecule has 1 atom stereocenters. The van der Waals surface area contributed by atoms with Crippen LogP contribution in [0.15, 0.2) is 34.6 Å². The van der Waals surface area contributed by atoms with Gasteiger partial charge in [-0.2, -0.15) is 0 Å². The van der Waals surface area contributed by atoms with Crippen LogP contribution >= 0.6 is 11.3 Å². The average molecular weight is 399 g/mol. The van der Waals surface area contributed by atoms with Gasteiger partial charge in [-0.15, -0.1) is 11.3 Å². The monoisotopic (exact) mass is 399 g/mol. The maximum absolute atomic E-state index is 13.3. The van der Waals surface area contributed by atoms with Crippen LogP contribution in [-0.2, 0) is 0 Å². The van der Waals surface area contributed by atoms with Crippen molar-refractivity contribution in [2.24, 2.45) is 0 Å². The van der Waals surface area contributed by atoms with Gasteiger partial charge in [-0.05, 0) is 31.9 Å². The summed E-state index contributed by atoms with van der Waals surface area (Å²) in [5, 5.41) is 1.86. The Labute approximate surface area is 166 Å². The number of hydrogen-bond donors (Lipinski definition) is 0. The molecule has 7 nitrogen and oxygen atoms in total. The molecule has 1 aliphatic heterocycles. The second-order valence-electron chi connectivity index (χ2n) is 6.74. The summed E-state index contributed by atoms with van der Waals surface area (Å²) in [5.41, 5.74) is 1.47. The summed E-state index contributed by atoms with van der Waals surface area (Å²) in [6.07, 6.45) is 3.07. The molecule has 1 aliphatic rings. The van der Waals surface area contributed by atoms with Gasteiger partial charge in [0.25, 0.3) is 11.5 Å². The first-order chi connectivity index (χ1) is 13.5. The number of fused-ring (bicyclic) bond motifs is 1. The number of aromatic nitrogens is 2. The zero-order valence-electron chi connectivity index (χ0n) is 16.0. The van der Waals surface area contributed by atoms with Crippen molar-refractivity contribution in [3.05, 3.63) is 57.0 Å². The number of ether oxygens (including phenoxy) is 2. The maximum Gasteiger partial charge on any atom is 0.271 e. The first-order valence-electron chi connectivity index (χ1n) is 9.04. The highest BCUT2D eigenvalue weighted by Gasteiger charge is 2.34. The second kappa shape index (κ2) is 7.27. The van der Waals surface area contributed by atoms with Gasteiger partial charge in [-0.3, -0.25) is 14.0 Å². The largest absolute Gasteiger partial charge is 0.497 e. The number of hydrogen-bond acceptors (Lipinski definition) is 6. The smallest absolute Gasteiger partial charge is 0.271 e. The highest BCUT2D eigenvalue weighted by atomic mass is 32.1. The summed E-state index contributed by atoms with van der Waals surface area (Å²) in [7, 11) is 3.20. The zero-order chi connectivity index (χ0) is 19.8. The molecule has 0 bridgehead atoms. The number of benzene rings is 1. The molecular formula is C20H21N3O4S. The van der Waals surface area contributed by atoms with E-state index in [0.717, 1.165) is 24.1 Å². The fourth-order valence-electron chi connectivity index (χ4n) is 3.75. The maximum atomic E-state index is 13.3. The predicted molar refractivity (Wildman–Crippen MR) is 107 cm³/mol. The number of amides is 1. The van der Waals surface area contributed by atoms with E-state index >= 15 is 0 Å². The van der Waals surface area contributed by atoms with E-state index in [4.69, 9.17) is 9.47 Å². The first kappa shape index (κ1) is 18.5. The SMILES string of the molecule is COc1ccc(C2CCCN2C(=O)c2cnc3scc(C)n3c2=O)c(OC)c1. The lowest BCUT2D eigenvalue weighted by Gasteiger charge is -2.26. The van der Waals surface area contributed by atoms with Crippen LogP contribution in [0.1, 0.15) is 40.5 Å². The van der Waals surface area contributed by atoms with Gasteiger partial charge in [0.05, 0.1) is 20.3 Å². The van der Waals surface area contributed by atoms with E-state index in [0.29, 0.717) is 23.0 Å². The lowest BCUT2D eigenvalue weighted by molar-refractivity contribution is 0.0731. The van der Waals surface area contributed by atoms with E-state index in [2.05, 4.69) is 4.98 Å². The van der Waals surface area contributed by atoms with Crippen molar-refractivity contribution in [2.75, 3.05) is 20.8 Å². The molecule has 0 N–H and O–H groups in total. The van der Waals surface area contributed by atoms with Gasteiger partial charge in [0.1, 0.15) is 17.1 Å². The van der Waals surface area contributed by atoms with Crippen LogP contribution < -0.4 is 15.0 Å². The van der Waals surface area contributed by atoms with Crippen LogP contribution in [-0.4, -0.2) is 41.0 Å². The number of nitrogens with zero attached hydrogens (tertiary/aromatic N) is 3. The summed E-state index contributed by atoms with van der Waals surface area (Å²) in [6.45, 7) is 2.42. The molecule has 28 heavy (non-hydrogen) atoms. The van der Waals surface area contributed by atoms with Gasteiger partial charge in [0.2, 0.25) is 0 Å². The Kier molecular flexibility index (Phi) is 4.80. The molecule has 8 heteroatoms. The van der Waals surface area contributed by atoms with Crippen LogP contribution in [0, 0.1) is 6.92 Å². The summed E-state index contributed by atoms with van der Waals surface area (Å²) in [4.78, 5) is 32.8. The van der Waals surface area contributed by atoms with Gasteiger partial charge in [0.15, 0.2) is 4.96 Å². The Morgan fingerprint density at radius 1 is 1.29 bits per heavy atom. The van der Waals surface area contributed by atoms with Gasteiger partial charge in [-0.25, -0.2) is 4.98 Å². The van der Waals surface area contributed by atoms with E-state index in [-0.39, 0.29) is 23.1 Å². The normalized spacial score (nSPS) is 16.5. The molecular weight excluding hydrogens is 378 g/mol. The number of carbonyl (C=O) groups excluding carboxylic acids is 1. The Bertz CT molecular complexity index is 1100. The third-order valence-electron chi connectivity index (χ3n) is 5.16. The number of carbonyl (C=O) groups is 1. The quantitative estimate of drug-likeness (QED) is 0.674. The van der Waals surface area contributed by atoms with Crippen LogP contribution in [0.3, 0.4) is 0 Å². The molecule has 3 aromatic rings. The summed E-state index contributed by atoms with van der Waals surface area (Å²) in [5.74, 6) is 1.07. The fourth-order valence-corrected chi connectivity index (χ4v) is 4.58. The van der Waals surface area contributed by atoms with Gasteiger partial charge in [0, 0.05) is 35.4 Å². The van der Waals surface area contributed by atoms with Crippen molar-refractivity contribution in [3.63, 3.8) is 0 Å². The highest BCUT2D eigenvalue weighted by Crippen LogP contribution is 2.39. The molecule has 4 rings (SSSR count). The molecule has 1 amide bonds. The molecule has 0 radical (unpaired) electrons. The predicted octanol–water partition coefficient (Wildman–Crippen LogP) is 3.06. The second-order valence-corrected chi connectivity index (χ2v) is 7.57. The Morgan fingerprint density at radius 2 is 2.11 bits per heavy atom. The van der Waals surface area contributed by atoms with Crippen LogP contribution in [0.2, 0.25) is 0 Å².